The third-order valence-corrected chi connectivity index (χ3v) is 9.19. The van der Waals surface area contributed by atoms with Crippen LogP contribution in [-0.2, 0) is 16.4 Å². The Labute approximate surface area is 200 Å². The summed E-state index contributed by atoms with van der Waals surface area (Å²) in [5, 5.41) is 7.58. The summed E-state index contributed by atoms with van der Waals surface area (Å²) in [6.07, 6.45) is 3.55. The van der Waals surface area contributed by atoms with Gasteiger partial charge < -0.3 is 5.32 Å². The Morgan fingerprint density at radius 1 is 1.21 bits per heavy atom. The topological polar surface area (TPSA) is 98.1 Å². The smallest absolute Gasteiger partial charge is 0.288 e. The van der Waals surface area contributed by atoms with Crippen LogP contribution in [0.3, 0.4) is 0 Å². The molecule has 7 nitrogen and oxygen atoms in total. The highest BCUT2D eigenvalue weighted by Crippen LogP contribution is 2.48. The van der Waals surface area contributed by atoms with E-state index in [2.05, 4.69) is 45.0 Å². The normalized spacial score (nSPS) is 24.9. The summed E-state index contributed by atoms with van der Waals surface area (Å²) in [6, 6.07) is 5.75. The molecule has 1 aliphatic rings. The van der Waals surface area contributed by atoms with Crippen LogP contribution in [0, 0.1) is 23.2 Å². The number of carbonyl (C=O) groups excluding carboxylic acids is 1. The van der Waals surface area contributed by atoms with Crippen molar-refractivity contribution in [3.63, 3.8) is 0 Å². The van der Waals surface area contributed by atoms with Crippen LogP contribution in [0.15, 0.2) is 40.2 Å². The maximum atomic E-state index is 12.8. The number of halogens is 1. The SMILES string of the molecule is C[C@@H]1[C@@H](C)C(C)(C)[C@@H](C)C[C@H]1Nc1cnn(CC(=O)c2ccc(S(C)(=O)=O)cc2)c(=O)c1Cl. The number of ketones is 1. The predicted molar refractivity (Wildman–Crippen MR) is 131 cm³/mol. The zero-order valence-corrected chi connectivity index (χ0v) is 21.5. The highest BCUT2D eigenvalue weighted by atomic mass is 35.5. The summed E-state index contributed by atoms with van der Waals surface area (Å²) in [5.74, 6) is 0.996. The van der Waals surface area contributed by atoms with E-state index in [9.17, 15) is 18.0 Å². The molecule has 0 radical (unpaired) electrons. The molecular weight excluding hydrogens is 462 g/mol. The highest BCUT2D eigenvalue weighted by Gasteiger charge is 2.43. The second-order valence-electron chi connectivity index (χ2n) is 9.91. The summed E-state index contributed by atoms with van der Waals surface area (Å²) >= 11 is 6.38. The van der Waals surface area contributed by atoms with Gasteiger partial charge in [-0.1, -0.05) is 58.4 Å². The quantitative estimate of drug-likeness (QED) is 0.602. The van der Waals surface area contributed by atoms with Crippen LogP contribution in [0.2, 0.25) is 5.02 Å². The zero-order valence-electron chi connectivity index (χ0n) is 19.9. The molecule has 4 atom stereocenters. The Morgan fingerprint density at radius 3 is 2.39 bits per heavy atom. The van der Waals surface area contributed by atoms with Gasteiger partial charge in [-0.3, -0.25) is 9.59 Å². The fourth-order valence-corrected chi connectivity index (χ4v) is 5.39. The van der Waals surface area contributed by atoms with Crippen molar-refractivity contribution >= 4 is 32.9 Å². The summed E-state index contributed by atoms with van der Waals surface area (Å²) in [6.45, 7) is 11.0. The molecule has 1 N–H and O–H groups in total. The van der Waals surface area contributed by atoms with Crippen LogP contribution in [0.25, 0.3) is 0 Å². The number of hydrogen-bond acceptors (Lipinski definition) is 6. The maximum absolute atomic E-state index is 12.8. The van der Waals surface area contributed by atoms with E-state index in [0.717, 1.165) is 17.4 Å². The standard InChI is InChI=1S/C24H32ClN3O4S/c1-14-11-19(15(2)16(3)24(14,4)5)27-20-12-26-28(23(30)22(20)25)13-21(29)17-7-9-18(10-8-17)33(6,31)32/h7-10,12,14-16,19,27H,11,13H2,1-6H3/t14-,15+,16+,19+/m0/s1. The summed E-state index contributed by atoms with van der Waals surface area (Å²) in [4.78, 5) is 25.5. The van der Waals surface area contributed by atoms with E-state index < -0.39 is 15.4 Å². The summed E-state index contributed by atoms with van der Waals surface area (Å²) in [7, 11) is -3.35. The zero-order chi connectivity index (χ0) is 24.7. The summed E-state index contributed by atoms with van der Waals surface area (Å²) < 4.78 is 24.2. The molecule has 1 saturated carbocycles. The van der Waals surface area contributed by atoms with Crippen molar-refractivity contribution < 1.29 is 13.2 Å². The Balaban J connectivity index is 1.77. The van der Waals surface area contributed by atoms with E-state index in [1.807, 2.05) is 0 Å². The van der Waals surface area contributed by atoms with Gasteiger partial charge in [-0.25, -0.2) is 13.1 Å². The van der Waals surface area contributed by atoms with Crippen molar-refractivity contribution in [1.29, 1.82) is 0 Å². The number of sulfone groups is 1. The molecule has 33 heavy (non-hydrogen) atoms. The molecule has 0 unspecified atom stereocenters. The van der Waals surface area contributed by atoms with Crippen LogP contribution in [0.5, 0.6) is 0 Å². The van der Waals surface area contributed by atoms with Crippen molar-refractivity contribution in [2.75, 3.05) is 11.6 Å². The molecule has 0 amide bonds. The Bertz CT molecular complexity index is 1210. The molecule has 1 aromatic carbocycles. The fourth-order valence-electron chi connectivity index (χ4n) is 4.56. The van der Waals surface area contributed by atoms with Crippen molar-refractivity contribution in [3.8, 4) is 0 Å². The molecule has 180 valence electrons. The van der Waals surface area contributed by atoms with Crippen LogP contribution in [0.4, 0.5) is 5.69 Å². The number of carbonyl (C=O) groups is 1. The van der Waals surface area contributed by atoms with Gasteiger partial charge in [0.25, 0.3) is 5.56 Å². The minimum absolute atomic E-state index is 0.00237. The minimum Gasteiger partial charge on any atom is -0.379 e. The third-order valence-electron chi connectivity index (χ3n) is 7.70. The van der Waals surface area contributed by atoms with E-state index in [-0.39, 0.29) is 39.3 Å². The van der Waals surface area contributed by atoms with E-state index in [1.165, 1.54) is 30.5 Å². The Morgan fingerprint density at radius 2 is 1.82 bits per heavy atom. The second kappa shape index (κ2) is 9.22. The lowest BCUT2D eigenvalue weighted by Gasteiger charge is -2.50. The highest BCUT2D eigenvalue weighted by molar-refractivity contribution is 7.90. The van der Waals surface area contributed by atoms with Crippen LogP contribution < -0.4 is 10.9 Å². The van der Waals surface area contributed by atoms with Gasteiger partial charge in [-0.05, 0) is 41.7 Å². The molecule has 0 spiro atoms. The first-order chi connectivity index (χ1) is 15.2. The molecule has 0 aliphatic heterocycles. The number of hydrogen-bond donors (Lipinski definition) is 1. The first-order valence-electron chi connectivity index (χ1n) is 11.1. The number of nitrogens with one attached hydrogen (secondary N) is 1. The third kappa shape index (κ3) is 5.17. The molecule has 0 bridgehead atoms. The van der Waals surface area contributed by atoms with Crippen LogP contribution >= 0.6 is 11.6 Å². The average Bonchev–Trinajstić information content (AvgIpc) is 2.75. The van der Waals surface area contributed by atoms with Gasteiger partial charge in [0.1, 0.15) is 11.6 Å². The number of rotatable bonds is 6. The van der Waals surface area contributed by atoms with E-state index >= 15 is 0 Å². The number of benzene rings is 1. The van der Waals surface area contributed by atoms with Gasteiger partial charge in [0.15, 0.2) is 15.6 Å². The van der Waals surface area contributed by atoms with Crippen molar-refractivity contribution in [2.24, 2.45) is 23.2 Å². The molecule has 0 saturated heterocycles. The number of aromatic nitrogens is 2. The first kappa shape index (κ1) is 25.4. The second-order valence-corrected chi connectivity index (χ2v) is 12.3. The lowest BCUT2D eigenvalue weighted by Crippen LogP contribution is -2.48. The molecular formula is C24H32ClN3O4S. The number of nitrogens with zero attached hydrogens (tertiary/aromatic N) is 2. The molecule has 9 heteroatoms. The molecule has 1 fully saturated rings. The Hall–Kier alpha value is -2.19. The fraction of sp³-hybridized carbons (Fsp3) is 0.542. The van der Waals surface area contributed by atoms with Gasteiger partial charge in [-0.2, -0.15) is 5.10 Å². The minimum atomic E-state index is -3.35. The van der Waals surface area contributed by atoms with Crippen molar-refractivity contribution in [2.45, 2.75) is 58.5 Å². The van der Waals surface area contributed by atoms with Crippen LogP contribution in [-0.4, -0.2) is 36.3 Å². The maximum Gasteiger partial charge on any atom is 0.288 e. The Kier molecular flexibility index (Phi) is 7.10. The van der Waals surface area contributed by atoms with Gasteiger partial charge >= 0.3 is 0 Å². The lowest BCUT2D eigenvalue weighted by molar-refractivity contribution is 0.0316. The number of Topliss-reactive ketones (excluding diaryl/α,β-unsaturated/α-hetero) is 1. The van der Waals surface area contributed by atoms with E-state index in [4.69, 9.17) is 11.6 Å². The molecule has 3 rings (SSSR count). The van der Waals surface area contributed by atoms with Crippen molar-refractivity contribution in [3.05, 3.63) is 51.4 Å². The molecule has 1 heterocycles. The van der Waals surface area contributed by atoms with E-state index in [1.54, 1.807) is 0 Å². The van der Waals surface area contributed by atoms with Crippen LogP contribution in [0.1, 0.15) is 51.4 Å². The largest absolute Gasteiger partial charge is 0.379 e. The van der Waals surface area contributed by atoms with Gasteiger partial charge in [0.05, 0.1) is 16.8 Å². The molecule has 1 aromatic heterocycles. The predicted octanol–water partition coefficient (Wildman–Crippen LogP) is 4.30. The van der Waals surface area contributed by atoms with E-state index in [0.29, 0.717) is 23.4 Å². The monoisotopic (exact) mass is 493 g/mol. The number of anilines is 1. The first-order valence-corrected chi connectivity index (χ1v) is 13.4. The summed E-state index contributed by atoms with van der Waals surface area (Å²) in [5.41, 5.74) is 0.436. The molecule has 2 aromatic rings. The van der Waals surface area contributed by atoms with Crippen molar-refractivity contribution in [1.82, 2.24) is 9.78 Å². The van der Waals surface area contributed by atoms with Gasteiger partial charge in [-0.15, -0.1) is 0 Å². The van der Waals surface area contributed by atoms with Gasteiger partial charge in [0.2, 0.25) is 0 Å². The average molecular weight is 494 g/mol. The van der Waals surface area contributed by atoms with Gasteiger partial charge in [0, 0.05) is 17.9 Å². The lowest BCUT2D eigenvalue weighted by atomic mass is 9.58. The molecule has 1 aliphatic carbocycles.